The van der Waals surface area contributed by atoms with Gasteiger partial charge in [0, 0.05) is 0 Å². The molecule has 1 aromatic rings. The summed E-state index contributed by atoms with van der Waals surface area (Å²) < 4.78 is 5.52. The average Bonchev–Trinajstić information content (AvgIpc) is 2.20. The van der Waals surface area contributed by atoms with Crippen molar-refractivity contribution in [3.63, 3.8) is 0 Å². The zero-order valence-electron chi connectivity index (χ0n) is 9.45. The second kappa shape index (κ2) is 7.74. The lowest BCUT2D eigenvalue weighted by molar-refractivity contribution is 0.271. The van der Waals surface area contributed by atoms with E-state index >= 15 is 0 Å². The molecule has 0 saturated carbocycles. The molecule has 0 amide bonds. The van der Waals surface area contributed by atoms with Crippen LogP contribution in [0.1, 0.15) is 19.4 Å². The van der Waals surface area contributed by atoms with Gasteiger partial charge in [-0.1, -0.05) is 31.5 Å². The van der Waals surface area contributed by atoms with Crippen molar-refractivity contribution in [1.82, 2.24) is 0 Å². The van der Waals surface area contributed by atoms with Crippen molar-refractivity contribution in [2.24, 2.45) is 5.92 Å². The lowest BCUT2D eigenvalue weighted by atomic mass is 10.2. The van der Waals surface area contributed by atoms with Crippen LogP contribution in [0.2, 0.25) is 0 Å². The van der Waals surface area contributed by atoms with Crippen molar-refractivity contribution < 1.29 is 4.74 Å². The normalized spacial score (nSPS) is 9.29. The highest BCUT2D eigenvalue weighted by Crippen LogP contribution is 2.12. The zero-order chi connectivity index (χ0) is 11.0. The maximum atomic E-state index is 5.52. The Hall–Kier alpha value is -0.630. The molecule has 1 nitrogen and oxygen atoms in total. The predicted molar refractivity (Wildman–Crippen MR) is 66.4 cm³/mol. The highest BCUT2D eigenvalue weighted by molar-refractivity contribution is 7.79. The number of hydrogen-bond donors (Lipinski definition) is 1. The Morgan fingerprint density at radius 1 is 1.14 bits per heavy atom. The molecule has 0 bridgehead atoms. The van der Waals surface area contributed by atoms with E-state index in [1.165, 1.54) is 5.56 Å². The Morgan fingerprint density at radius 2 is 1.64 bits per heavy atom. The fourth-order valence-corrected chi connectivity index (χ4v) is 0.897. The number of rotatable bonds is 3. The number of hydrogen-bond acceptors (Lipinski definition) is 2. The molecule has 1 aromatic carbocycles. The Kier molecular flexibility index (Phi) is 7.40. The van der Waals surface area contributed by atoms with Crippen molar-refractivity contribution >= 4 is 12.6 Å². The summed E-state index contributed by atoms with van der Waals surface area (Å²) in [5, 5.41) is 0. The van der Waals surface area contributed by atoms with Crippen molar-refractivity contribution in [2.45, 2.75) is 20.8 Å². The van der Waals surface area contributed by atoms with Crippen molar-refractivity contribution in [1.29, 1.82) is 0 Å². The summed E-state index contributed by atoms with van der Waals surface area (Å²) in [6.45, 7) is 7.16. The largest absolute Gasteiger partial charge is 0.493 e. The fourth-order valence-electron chi connectivity index (χ4n) is 0.897. The molecule has 2 heteroatoms. The maximum Gasteiger partial charge on any atom is 0.119 e. The number of aryl methyl sites for hydroxylation is 1. The van der Waals surface area contributed by atoms with Gasteiger partial charge >= 0.3 is 0 Å². The quantitative estimate of drug-likeness (QED) is 0.754. The first kappa shape index (κ1) is 13.4. The van der Waals surface area contributed by atoms with E-state index in [1.807, 2.05) is 12.1 Å². The smallest absolute Gasteiger partial charge is 0.119 e. The number of benzene rings is 1. The van der Waals surface area contributed by atoms with E-state index in [9.17, 15) is 0 Å². The van der Waals surface area contributed by atoms with Gasteiger partial charge in [0.1, 0.15) is 5.75 Å². The highest BCUT2D eigenvalue weighted by Gasteiger charge is 1.95. The number of ether oxygens (including phenoxy) is 1. The van der Waals surface area contributed by atoms with E-state index in [4.69, 9.17) is 4.74 Å². The molecule has 0 N–H and O–H groups in total. The summed E-state index contributed by atoms with van der Waals surface area (Å²) in [6, 6.07) is 8.15. The third-order valence-corrected chi connectivity index (χ3v) is 1.60. The van der Waals surface area contributed by atoms with Crippen LogP contribution >= 0.6 is 12.6 Å². The average molecular weight is 212 g/mol. The summed E-state index contributed by atoms with van der Waals surface area (Å²) in [7, 11) is 0. The first-order chi connectivity index (χ1) is 6.68. The molecule has 0 saturated heterocycles. The Labute approximate surface area is 92.9 Å². The van der Waals surface area contributed by atoms with Crippen LogP contribution in [0.15, 0.2) is 24.3 Å². The van der Waals surface area contributed by atoms with Crippen molar-refractivity contribution in [2.75, 3.05) is 12.9 Å². The third-order valence-electron chi connectivity index (χ3n) is 1.60. The van der Waals surface area contributed by atoms with Gasteiger partial charge in [0.05, 0.1) is 6.61 Å². The Bertz CT molecular complexity index is 229. The summed E-state index contributed by atoms with van der Waals surface area (Å²) in [5.74, 6) is 1.56. The van der Waals surface area contributed by atoms with Gasteiger partial charge in [0.2, 0.25) is 0 Å². The molecule has 80 valence electrons. The van der Waals surface area contributed by atoms with Crippen LogP contribution in [0.3, 0.4) is 0 Å². The summed E-state index contributed by atoms with van der Waals surface area (Å²) in [4.78, 5) is 0. The van der Waals surface area contributed by atoms with Crippen LogP contribution in [0.4, 0.5) is 0 Å². The van der Waals surface area contributed by atoms with E-state index in [-0.39, 0.29) is 0 Å². The standard InChI is InChI=1S/C11H16O.CH4S/c1-9(2)8-12-11-6-4-10(3)5-7-11;1-2/h4-7,9H,8H2,1-3H3;2H,1H3. The minimum atomic E-state index is 0.589. The molecule has 0 aliphatic rings. The van der Waals surface area contributed by atoms with Gasteiger partial charge in [0.15, 0.2) is 0 Å². The van der Waals surface area contributed by atoms with Crippen molar-refractivity contribution in [3.8, 4) is 5.75 Å². The first-order valence-electron chi connectivity index (χ1n) is 4.82. The monoisotopic (exact) mass is 212 g/mol. The van der Waals surface area contributed by atoms with Gasteiger partial charge in [-0.25, -0.2) is 0 Å². The first-order valence-corrected chi connectivity index (χ1v) is 5.72. The maximum absolute atomic E-state index is 5.52. The van der Waals surface area contributed by atoms with Crippen LogP contribution in [0.25, 0.3) is 0 Å². The second-order valence-electron chi connectivity index (χ2n) is 3.52. The van der Waals surface area contributed by atoms with Gasteiger partial charge in [-0.2, -0.15) is 12.6 Å². The van der Waals surface area contributed by atoms with Crippen LogP contribution in [0, 0.1) is 12.8 Å². The van der Waals surface area contributed by atoms with E-state index in [0.29, 0.717) is 5.92 Å². The number of thiol groups is 1. The zero-order valence-corrected chi connectivity index (χ0v) is 10.3. The van der Waals surface area contributed by atoms with Gasteiger partial charge < -0.3 is 4.74 Å². The Balaban J connectivity index is 0.000000791. The van der Waals surface area contributed by atoms with Gasteiger partial charge in [-0.05, 0) is 31.2 Å². The van der Waals surface area contributed by atoms with E-state index < -0.39 is 0 Å². The molecule has 0 fully saturated rings. The predicted octanol–water partition coefficient (Wildman–Crippen LogP) is 3.58. The summed E-state index contributed by atoms with van der Waals surface area (Å²) >= 11 is 3.53. The van der Waals surface area contributed by atoms with E-state index in [0.717, 1.165) is 12.4 Å². The van der Waals surface area contributed by atoms with Gasteiger partial charge in [-0.15, -0.1) is 0 Å². The van der Waals surface area contributed by atoms with E-state index in [1.54, 1.807) is 6.26 Å². The molecular weight excluding hydrogens is 192 g/mol. The molecule has 0 aliphatic heterocycles. The highest BCUT2D eigenvalue weighted by atomic mass is 32.1. The lowest BCUT2D eigenvalue weighted by Gasteiger charge is -2.08. The summed E-state index contributed by atoms with van der Waals surface area (Å²) in [5.41, 5.74) is 1.27. The molecule has 0 spiro atoms. The minimum absolute atomic E-state index is 0.589. The molecule has 0 unspecified atom stereocenters. The molecule has 0 heterocycles. The van der Waals surface area contributed by atoms with Crippen molar-refractivity contribution in [3.05, 3.63) is 29.8 Å². The summed E-state index contributed by atoms with van der Waals surface area (Å²) in [6.07, 6.45) is 1.69. The second-order valence-corrected chi connectivity index (χ2v) is 3.52. The van der Waals surface area contributed by atoms with Crippen LogP contribution in [-0.2, 0) is 0 Å². The lowest BCUT2D eigenvalue weighted by Crippen LogP contribution is -2.04. The molecule has 14 heavy (non-hydrogen) atoms. The molecular formula is C12H20OS. The van der Waals surface area contributed by atoms with Gasteiger partial charge in [-0.3, -0.25) is 0 Å². The topological polar surface area (TPSA) is 9.23 Å². The van der Waals surface area contributed by atoms with E-state index in [2.05, 4.69) is 45.5 Å². The molecule has 0 aromatic heterocycles. The SMILES string of the molecule is CS.Cc1ccc(OCC(C)C)cc1. The van der Waals surface area contributed by atoms with Crippen LogP contribution in [-0.4, -0.2) is 12.9 Å². The molecule has 1 rings (SSSR count). The fraction of sp³-hybridized carbons (Fsp3) is 0.500. The molecule has 0 radical (unpaired) electrons. The molecule has 0 aliphatic carbocycles. The van der Waals surface area contributed by atoms with Crippen LogP contribution < -0.4 is 4.74 Å². The molecule has 0 atom stereocenters. The minimum Gasteiger partial charge on any atom is -0.493 e. The Morgan fingerprint density at radius 3 is 2.07 bits per heavy atom. The van der Waals surface area contributed by atoms with Crippen LogP contribution in [0.5, 0.6) is 5.75 Å². The van der Waals surface area contributed by atoms with Gasteiger partial charge in [0.25, 0.3) is 0 Å². The third kappa shape index (κ3) is 5.92.